The monoisotopic (exact) mass is 539 g/mol. The van der Waals surface area contributed by atoms with Crippen molar-refractivity contribution in [3.8, 4) is 0 Å². The van der Waals surface area contributed by atoms with Crippen molar-refractivity contribution in [3.05, 3.63) is 64.6 Å². The molecule has 2 heterocycles. The van der Waals surface area contributed by atoms with Gasteiger partial charge in [-0.05, 0) is 58.0 Å². The minimum atomic E-state index is -0.649. The fourth-order valence-corrected chi connectivity index (χ4v) is 5.70. The Bertz CT molecular complexity index is 1410. The van der Waals surface area contributed by atoms with Gasteiger partial charge in [0.05, 0.1) is 16.6 Å². The van der Waals surface area contributed by atoms with E-state index in [2.05, 4.69) is 10.4 Å². The second-order valence-electron chi connectivity index (χ2n) is 10.5. The third-order valence-corrected chi connectivity index (χ3v) is 7.80. The Morgan fingerprint density at radius 2 is 1.92 bits per heavy atom. The number of hydrogen-bond acceptors (Lipinski definition) is 5. The largest absolute Gasteiger partial charge is 0.347 e. The van der Waals surface area contributed by atoms with Gasteiger partial charge in [-0.15, -0.1) is 0 Å². The number of aromatic nitrogens is 2. The number of Topliss-reactive ketones (excluding diaryl/α,β-unsaturated/α-hetero) is 1. The molecular formula is C28H31ClFN5O3. The molecule has 38 heavy (non-hydrogen) atoms. The molecule has 8 nitrogen and oxygen atoms in total. The molecule has 1 aromatic heterocycles. The molecule has 200 valence electrons. The Balaban J connectivity index is 1.37. The number of nitrogens with zero attached hydrogens (tertiary/aromatic N) is 4. The maximum Gasteiger partial charge on any atom is 0.245 e. The zero-order valence-electron chi connectivity index (χ0n) is 21.7. The number of carbonyl (C=O) groups is 3. The zero-order valence-corrected chi connectivity index (χ0v) is 22.4. The van der Waals surface area contributed by atoms with Crippen molar-refractivity contribution in [2.45, 2.75) is 50.9 Å². The van der Waals surface area contributed by atoms with E-state index in [4.69, 9.17) is 11.6 Å². The topological polar surface area (TPSA) is 87.5 Å². The highest BCUT2D eigenvalue weighted by molar-refractivity contribution is 6.30. The van der Waals surface area contributed by atoms with E-state index >= 15 is 0 Å². The summed E-state index contributed by atoms with van der Waals surface area (Å²) in [6.07, 6.45) is 1.91. The van der Waals surface area contributed by atoms with Crippen LogP contribution in [0.15, 0.2) is 42.5 Å². The molecule has 1 aliphatic carbocycles. The number of fused-ring (bicyclic) bond motifs is 2. The molecule has 2 aromatic carbocycles. The SMILES string of the molecule is CC(=O)c1nn(CC(=O)N2[C@@H]3C[C@@H]3C[C@H]2C(=O)N[C@H](CCN(C)C)c2cccc(Cl)c2F)c2ccccc12. The van der Waals surface area contributed by atoms with Crippen LogP contribution in [-0.4, -0.2) is 69.9 Å². The van der Waals surface area contributed by atoms with Crippen molar-refractivity contribution in [2.75, 3.05) is 20.6 Å². The number of hydrogen-bond donors (Lipinski definition) is 1. The first-order chi connectivity index (χ1) is 18.2. The van der Waals surface area contributed by atoms with Crippen molar-refractivity contribution >= 4 is 40.1 Å². The van der Waals surface area contributed by atoms with Crippen LogP contribution >= 0.6 is 11.6 Å². The van der Waals surface area contributed by atoms with Gasteiger partial charge in [0.15, 0.2) is 5.78 Å². The first-order valence-corrected chi connectivity index (χ1v) is 13.2. The lowest BCUT2D eigenvalue weighted by Crippen LogP contribution is -2.49. The molecule has 3 aromatic rings. The highest BCUT2D eigenvalue weighted by atomic mass is 35.5. The van der Waals surface area contributed by atoms with Crippen molar-refractivity contribution < 1.29 is 18.8 Å². The van der Waals surface area contributed by atoms with Gasteiger partial charge in [-0.2, -0.15) is 5.10 Å². The lowest BCUT2D eigenvalue weighted by Gasteiger charge is -2.29. The lowest BCUT2D eigenvalue weighted by atomic mass is 10.0. The summed E-state index contributed by atoms with van der Waals surface area (Å²) in [6.45, 7) is 2.00. The number of rotatable bonds is 9. The highest BCUT2D eigenvalue weighted by Gasteiger charge is 2.56. The Hall–Kier alpha value is -3.30. The van der Waals surface area contributed by atoms with E-state index in [-0.39, 0.29) is 41.1 Å². The van der Waals surface area contributed by atoms with Crippen LogP contribution in [0.25, 0.3) is 10.9 Å². The molecule has 2 amide bonds. The smallest absolute Gasteiger partial charge is 0.245 e. The van der Waals surface area contributed by atoms with Gasteiger partial charge in [0, 0.05) is 23.9 Å². The maximum absolute atomic E-state index is 14.9. The molecule has 0 unspecified atom stereocenters. The van der Waals surface area contributed by atoms with Crippen molar-refractivity contribution in [2.24, 2.45) is 5.92 Å². The Labute approximate surface area is 225 Å². The summed E-state index contributed by atoms with van der Waals surface area (Å²) < 4.78 is 16.5. The Morgan fingerprint density at radius 1 is 1.16 bits per heavy atom. The lowest BCUT2D eigenvalue weighted by molar-refractivity contribution is -0.140. The summed E-state index contributed by atoms with van der Waals surface area (Å²) in [7, 11) is 3.82. The number of ketones is 1. The van der Waals surface area contributed by atoms with E-state index in [0.717, 1.165) is 6.42 Å². The van der Waals surface area contributed by atoms with Gasteiger partial charge in [-0.25, -0.2) is 4.39 Å². The van der Waals surface area contributed by atoms with Gasteiger partial charge in [-0.3, -0.25) is 19.1 Å². The minimum absolute atomic E-state index is 0.00176. The van der Waals surface area contributed by atoms with Crippen LogP contribution < -0.4 is 5.32 Å². The number of para-hydroxylation sites is 1. The van der Waals surface area contributed by atoms with Gasteiger partial charge in [0.25, 0.3) is 0 Å². The average Bonchev–Trinajstić information content (AvgIpc) is 3.38. The molecule has 1 saturated heterocycles. The van der Waals surface area contributed by atoms with Gasteiger partial charge >= 0.3 is 0 Å². The van der Waals surface area contributed by atoms with Crippen LogP contribution in [-0.2, 0) is 16.1 Å². The normalized spacial score (nSPS) is 21.0. The molecule has 2 fully saturated rings. The number of halogens is 2. The number of amides is 2. The number of piperidine rings is 1. The maximum atomic E-state index is 14.9. The predicted octanol–water partition coefficient (Wildman–Crippen LogP) is 3.83. The van der Waals surface area contributed by atoms with Crippen LogP contribution in [0.2, 0.25) is 5.02 Å². The molecule has 1 aliphatic heterocycles. The van der Waals surface area contributed by atoms with Gasteiger partial charge in [0.1, 0.15) is 24.1 Å². The third-order valence-electron chi connectivity index (χ3n) is 7.51. The Kier molecular flexibility index (Phi) is 7.24. The number of benzene rings is 2. The summed E-state index contributed by atoms with van der Waals surface area (Å²) in [4.78, 5) is 42.9. The molecule has 10 heteroatoms. The highest BCUT2D eigenvalue weighted by Crippen LogP contribution is 2.48. The first kappa shape index (κ1) is 26.3. The Morgan fingerprint density at radius 3 is 2.66 bits per heavy atom. The summed E-state index contributed by atoms with van der Waals surface area (Å²) in [6, 6.07) is 10.8. The zero-order chi connectivity index (χ0) is 27.1. The van der Waals surface area contributed by atoms with E-state index in [9.17, 15) is 18.8 Å². The standard InChI is InChI=1S/C28H31ClFN5O3/c1-16(36)27-19-7-4-5-10-22(19)34(32-27)15-25(37)35-23-13-17(23)14-24(35)28(38)31-21(11-12-33(2)3)18-8-6-9-20(29)26(18)30/h4-10,17,21,23-24H,11-15H2,1-3H3,(H,31,38)/t17-,21-,23-,24+/m1/s1. The van der Waals surface area contributed by atoms with Crippen molar-refractivity contribution in [1.82, 2.24) is 24.9 Å². The van der Waals surface area contributed by atoms with Crippen LogP contribution in [0, 0.1) is 11.7 Å². The van der Waals surface area contributed by atoms with Crippen LogP contribution in [0.3, 0.4) is 0 Å². The van der Waals surface area contributed by atoms with Crippen LogP contribution in [0.4, 0.5) is 4.39 Å². The molecule has 1 saturated carbocycles. The van der Waals surface area contributed by atoms with E-state index in [0.29, 0.717) is 41.5 Å². The third kappa shape index (κ3) is 5.05. The van der Waals surface area contributed by atoms with E-state index in [1.54, 1.807) is 21.7 Å². The molecule has 0 spiro atoms. The van der Waals surface area contributed by atoms with Crippen LogP contribution in [0.5, 0.6) is 0 Å². The van der Waals surface area contributed by atoms with E-state index in [1.165, 1.54) is 13.0 Å². The van der Waals surface area contributed by atoms with Crippen LogP contribution in [0.1, 0.15) is 48.3 Å². The predicted molar refractivity (Wildman–Crippen MR) is 142 cm³/mol. The molecule has 0 bridgehead atoms. The first-order valence-electron chi connectivity index (χ1n) is 12.8. The van der Waals surface area contributed by atoms with Gasteiger partial charge in [0.2, 0.25) is 11.8 Å². The quantitative estimate of drug-likeness (QED) is 0.418. The van der Waals surface area contributed by atoms with Crippen molar-refractivity contribution in [1.29, 1.82) is 0 Å². The number of nitrogens with one attached hydrogen (secondary N) is 1. The summed E-state index contributed by atoms with van der Waals surface area (Å²) in [5, 5.41) is 8.12. The fourth-order valence-electron chi connectivity index (χ4n) is 5.52. The van der Waals surface area contributed by atoms with Gasteiger partial charge in [-0.1, -0.05) is 41.9 Å². The number of carbonyl (C=O) groups excluding carboxylic acids is 3. The molecule has 4 atom stereocenters. The minimum Gasteiger partial charge on any atom is -0.347 e. The molecule has 0 radical (unpaired) electrons. The second kappa shape index (κ2) is 10.5. The fraction of sp³-hybridized carbons (Fsp3) is 0.429. The van der Waals surface area contributed by atoms with E-state index in [1.807, 2.05) is 43.3 Å². The van der Waals surface area contributed by atoms with Crippen molar-refractivity contribution in [3.63, 3.8) is 0 Å². The molecular weight excluding hydrogens is 509 g/mol. The summed E-state index contributed by atoms with van der Waals surface area (Å²) in [5.41, 5.74) is 1.34. The van der Waals surface area contributed by atoms with Gasteiger partial charge < -0.3 is 15.1 Å². The summed E-state index contributed by atoms with van der Waals surface area (Å²) in [5.74, 6) is -0.974. The number of likely N-dealkylation sites (tertiary alicyclic amines) is 1. The summed E-state index contributed by atoms with van der Waals surface area (Å²) >= 11 is 6.03. The molecule has 2 aliphatic rings. The second-order valence-corrected chi connectivity index (χ2v) is 10.9. The van der Waals surface area contributed by atoms with E-state index < -0.39 is 17.9 Å². The molecule has 1 N–H and O–H groups in total. The average molecular weight is 540 g/mol. The molecule has 5 rings (SSSR count).